The van der Waals surface area contributed by atoms with Gasteiger partial charge in [0.15, 0.2) is 0 Å². The summed E-state index contributed by atoms with van der Waals surface area (Å²) in [6.07, 6.45) is 2.84. The summed E-state index contributed by atoms with van der Waals surface area (Å²) in [5.74, 6) is -2.55. The molecule has 0 aliphatic rings. The molecule has 0 radical (unpaired) electrons. The highest BCUT2D eigenvalue weighted by Crippen LogP contribution is 2.19. The quantitative estimate of drug-likeness (QED) is 0.557. The van der Waals surface area contributed by atoms with Crippen molar-refractivity contribution in [3.05, 3.63) is 29.8 Å². The van der Waals surface area contributed by atoms with Gasteiger partial charge in [-0.3, -0.25) is 14.4 Å². The monoisotopic (exact) mass is 317 g/mol. The molecular formula is C19H27NO3. The van der Waals surface area contributed by atoms with Crippen LogP contribution in [0.3, 0.4) is 0 Å². The molecule has 1 aromatic carbocycles. The molecule has 1 aromatic rings. The fourth-order valence-corrected chi connectivity index (χ4v) is 2.51. The molecule has 0 spiro atoms. The van der Waals surface area contributed by atoms with Crippen molar-refractivity contribution in [3.8, 4) is 0 Å². The number of aryl methyl sites for hydroxylation is 1. The van der Waals surface area contributed by atoms with Crippen LogP contribution in [0.4, 0.5) is 5.69 Å². The van der Waals surface area contributed by atoms with Crippen molar-refractivity contribution < 1.29 is 14.4 Å². The van der Waals surface area contributed by atoms with Crippen molar-refractivity contribution in [3.63, 3.8) is 0 Å². The topological polar surface area (TPSA) is 63.2 Å². The molecule has 0 aromatic heterocycles. The molecule has 23 heavy (non-hydrogen) atoms. The van der Waals surface area contributed by atoms with Gasteiger partial charge in [-0.2, -0.15) is 0 Å². The molecule has 4 heteroatoms. The van der Waals surface area contributed by atoms with E-state index >= 15 is 0 Å². The van der Waals surface area contributed by atoms with Gasteiger partial charge in [-0.1, -0.05) is 58.7 Å². The Labute approximate surface area is 138 Å². The number of hydrogen-bond acceptors (Lipinski definition) is 3. The Morgan fingerprint density at radius 1 is 1.09 bits per heavy atom. The number of unbranched alkanes of at least 4 members (excludes halogenated alkanes) is 1. The first-order valence-corrected chi connectivity index (χ1v) is 8.39. The fourth-order valence-electron chi connectivity index (χ4n) is 2.51. The Bertz CT molecular complexity index is 563. The average molecular weight is 317 g/mol. The van der Waals surface area contributed by atoms with Crippen LogP contribution in [0.1, 0.15) is 52.5 Å². The lowest BCUT2D eigenvalue weighted by atomic mass is 9.87. The van der Waals surface area contributed by atoms with Crippen molar-refractivity contribution in [2.24, 2.45) is 11.8 Å². The van der Waals surface area contributed by atoms with Crippen LogP contribution in [0.25, 0.3) is 0 Å². The maximum Gasteiger partial charge on any atom is 0.292 e. The number of hydrogen-bond donors (Lipinski definition) is 1. The zero-order valence-electron chi connectivity index (χ0n) is 14.5. The molecule has 1 unspecified atom stereocenters. The molecule has 0 saturated carbocycles. The Kier molecular flexibility index (Phi) is 7.66. The number of ketones is 2. The van der Waals surface area contributed by atoms with E-state index in [9.17, 15) is 14.4 Å². The summed E-state index contributed by atoms with van der Waals surface area (Å²) >= 11 is 0. The van der Waals surface area contributed by atoms with Gasteiger partial charge < -0.3 is 5.32 Å². The summed E-state index contributed by atoms with van der Waals surface area (Å²) in [5, 5.41) is 2.67. The molecule has 126 valence electrons. The van der Waals surface area contributed by atoms with Crippen LogP contribution in [-0.4, -0.2) is 17.5 Å². The maximum atomic E-state index is 12.5. The van der Waals surface area contributed by atoms with E-state index < -0.39 is 17.6 Å². The van der Waals surface area contributed by atoms with E-state index in [-0.39, 0.29) is 11.7 Å². The molecule has 1 rings (SSSR count). The van der Waals surface area contributed by atoms with Crippen LogP contribution in [0.5, 0.6) is 0 Å². The normalized spacial score (nSPS) is 12.0. The van der Waals surface area contributed by atoms with Gasteiger partial charge in [-0.25, -0.2) is 0 Å². The van der Waals surface area contributed by atoms with E-state index in [1.807, 2.05) is 32.0 Å². The highest BCUT2D eigenvalue weighted by molar-refractivity contribution is 6.44. The Hall–Kier alpha value is -1.97. The number of rotatable bonds is 9. The third-order valence-electron chi connectivity index (χ3n) is 3.95. The highest BCUT2D eigenvalue weighted by atomic mass is 16.2. The summed E-state index contributed by atoms with van der Waals surface area (Å²) in [7, 11) is 0. The van der Waals surface area contributed by atoms with Gasteiger partial charge in [-0.15, -0.1) is 0 Å². The predicted octanol–water partition coefficient (Wildman–Crippen LogP) is 3.79. The largest absolute Gasteiger partial charge is 0.319 e. The number of amides is 1. The van der Waals surface area contributed by atoms with Crippen molar-refractivity contribution in [2.45, 2.75) is 53.4 Å². The summed E-state index contributed by atoms with van der Waals surface area (Å²) in [6.45, 7) is 7.51. The van der Waals surface area contributed by atoms with E-state index in [0.29, 0.717) is 12.1 Å². The molecular weight excluding hydrogens is 290 g/mol. The zero-order chi connectivity index (χ0) is 17.4. The molecule has 0 heterocycles. The first kappa shape index (κ1) is 19.1. The summed E-state index contributed by atoms with van der Waals surface area (Å²) in [4.78, 5) is 37.0. The fraction of sp³-hybridized carbons (Fsp3) is 0.526. The van der Waals surface area contributed by atoms with E-state index in [4.69, 9.17) is 0 Å². The van der Waals surface area contributed by atoms with Crippen molar-refractivity contribution in [1.82, 2.24) is 0 Å². The molecule has 0 bridgehead atoms. The SMILES string of the molecule is CCCCC(C(=O)C(=O)Nc1ccccc1CC)C(=O)C(C)C. The minimum atomic E-state index is -0.830. The Balaban J connectivity index is 2.90. The second-order valence-corrected chi connectivity index (χ2v) is 6.08. The van der Waals surface area contributed by atoms with Crippen molar-refractivity contribution in [2.75, 3.05) is 5.32 Å². The van der Waals surface area contributed by atoms with Crippen molar-refractivity contribution >= 4 is 23.2 Å². The average Bonchev–Trinajstić information content (AvgIpc) is 2.55. The van der Waals surface area contributed by atoms with E-state index in [2.05, 4.69) is 5.32 Å². The Morgan fingerprint density at radius 3 is 2.30 bits per heavy atom. The highest BCUT2D eigenvalue weighted by Gasteiger charge is 2.32. The molecule has 0 aliphatic heterocycles. The smallest absolute Gasteiger partial charge is 0.292 e. The lowest BCUT2D eigenvalue weighted by molar-refractivity contribution is -0.142. The van der Waals surface area contributed by atoms with Crippen LogP contribution < -0.4 is 5.32 Å². The lowest BCUT2D eigenvalue weighted by Crippen LogP contribution is -2.36. The third-order valence-corrected chi connectivity index (χ3v) is 3.95. The van der Waals surface area contributed by atoms with E-state index in [1.54, 1.807) is 19.9 Å². The van der Waals surface area contributed by atoms with Gasteiger partial charge in [0, 0.05) is 11.6 Å². The van der Waals surface area contributed by atoms with Gasteiger partial charge in [0.1, 0.15) is 5.78 Å². The third kappa shape index (κ3) is 5.31. The van der Waals surface area contributed by atoms with E-state index in [1.165, 1.54) is 0 Å². The second kappa shape index (κ2) is 9.23. The van der Waals surface area contributed by atoms with Gasteiger partial charge in [0.25, 0.3) is 5.91 Å². The maximum absolute atomic E-state index is 12.5. The summed E-state index contributed by atoms with van der Waals surface area (Å²) in [5.41, 5.74) is 1.61. The summed E-state index contributed by atoms with van der Waals surface area (Å²) in [6, 6.07) is 7.39. The van der Waals surface area contributed by atoms with Gasteiger partial charge in [-0.05, 0) is 24.5 Å². The van der Waals surface area contributed by atoms with Crippen LogP contribution in [-0.2, 0) is 20.8 Å². The molecule has 1 N–H and O–H groups in total. The number of carbonyl (C=O) groups is 3. The minimum absolute atomic E-state index is 0.151. The van der Waals surface area contributed by atoms with Gasteiger partial charge in [0.05, 0.1) is 5.92 Å². The number of benzene rings is 1. The standard InChI is InChI=1S/C19H27NO3/c1-5-7-11-15(17(21)13(3)4)18(22)19(23)20-16-12-9-8-10-14(16)6-2/h8-10,12-13,15H,5-7,11H2,1-4H3,(H,20,23). The van der Waals surface area contributed by atoms with Crippen LogP contribution in [0, 0.1) is 11.8 Å². The number of para-hydroxylation sites is 1. The number of carbonyl (C=O) groups excluding carboxylic acids is 3. The van der Waals surface area contributed by atoms with Crippen LogP contribution in [0.2, 0.25) is 0 Å². The first-order chi connectivity index (χ1) is 10.9. The first-order valence-electron chi connectivity index (χ1n) is 8.39. The van der Waals surface area contributed by atoms with Crippen LogP contribution >= 0.6 is 0 Å². The number of anilines is 1. The Morgan fingerprint density at radius 2 is 1.74 bits per heavy atom. The van der Waals surface area contributed by atoms with Gasteiger partial charge >= 0.3 is 0 Å². The predicted molar refractivity (Wildman–Crippen MR) is 92.3 cm³/mol. The van der Waals surface area contributed by atoms with Gasteiger partial charge in [0.2, 0.25) is 5.78 Å². The molecule has 1 amide bonds. The summed E-state index contributed by atoms with van der Waals surface area (Å²) < 4.78 is 0. The molecule has 0 saturated heterocycles. The minimum Gasteiger partial charge on any atom is -0.319 e. The number of nitrogens with one attached hydrogen (secondary N) is 1. The molecule has 4 nitrogen and oxygen atoms in total. The van der Waals surface area contributed by atoms with E-state index in [0.717, 1.165) is 24.8 Å². The molecule has 1 atom stereocenters. The molecule has 0 fully saturated rings. The molecule has 0 aliphatic carbocycles. The van der Waals surface area contributed by atoms with Crippen LogP contribution in [0.15, 0.2) is 24.3 Å². The second-order valence-electron chi connectivity index (χ2n) is 6.08. The number of Topliss-reactive ketones (excluding diaryl/α,β-unsaturated/α-hetero) is 2. The zero-order valence-corrected chi connectivity index (χ0v) is 14.5. The lowest BCUT2D eigenvalue weighted by Gasteiger charge is -2.17. The van der Waals surface area contributed by atoms with Crippen molar-refractivity contribution in [1.29, 1.82) is 0 Å².